The van der Waals surface area contributed by atoms with Gasteiger partial charge >= 0.3 is 5.97 Å². The molecule has 0 atom stereocenters. The molecule has 0 unspecified atom stereocenters. The molecule has 3 nitrogen and oxygen atoms in total. The third kappa shape index (κ3) is 3.84. The highest BCUT2D eigenvalue weighted by Gasteiger charge is 2.12. The van der Waals surface area contributed by atoms with Crippen LogP contribution in [0.3, 0.4) is 0 Å². The highest BCUT2D eigenvalue weighted by atomic mass is 16.4. The fourth-order valence-corrected chi connectivity index (χ4v) is 2.56. The van der Waals surface area contributed by atoms with Crippen molar-refractivity contribution in [2.75, 3.05) is 13.1 Å². The molecule has 1 heterocycles. The van der Waals surface area contributed by atoms with Crippen LogP contribution in [-0.4, -0.2) is 29.1 Å². The monoisotopic (exact) mass is 247 g/mol. The summed E-state index contributed by atoms with van der Waals surface area (Å²) in [5, 5.41) is 8.78. The number of benzene rings is 1. The summed E-state index contributed by atoms with van der Waals surface area (Å²) < 4.78 is 0. The molecule has 0 amide bonds. The van der Waals surface area contributed by atoms with Crippen molar-refractivity contribution in [1.82, 2.24) is 4.90 Å². The van der Waals surface area contributed by atoms with Gasteiger partial charge in [0.15, 0.2) is 0 Å². The zero-order chi connectivity index (χ0) is 12.8. The number of aryl methyl sites for hydroxylation is 1. The molecule has 1 aliphatic heterocycles. The Hall–Kier alpha value is -1.35. The maximum absolute atomic E-state index is 10.7. The van der Waals surface area contributed by atoms with Gasteiger partial charge in [-0.05, 0) is 43.5 Å². The SMILES string of the molecule is O=C(O)CCc1ccccc1CN1CCCCC1. The molecule has 3 heteroatoms. The Morgan fingerprint density at radius 1 is 1.11 bits per heavy atom. The van der Waals surface area contributed by atoms with E-state index in [2.05, 4.69) is 17.0 Å². The molecule has 0 saturated carbocycles. The van der Waals surface area contributed by atoms with E-state index in [0.29, 0.717) is 6.42 Å². The Morgan fingerprint density at radius 2 is 1.78 bits per heavy atom. The van der Waals surface area contributed by atoms with Gasteiger partial charge in [0.05, 0.1) is 0 Å². The molecule has 1 saturated heterocycles. The van der Waals surface area contributed by atoms with Crippen LogP contribution in [0.15, 0.2) is 24.3 Å². The van der Waals surface area contributed by atoms with Gasteiger partial charge in [-0.15, -0.1) is 0 Å². The van der Waals surface area contributed by atoms with Crippen molar-refractivity contribution in [3.63, 3.8) is 0 Å². The van der Waals surface area contributed by atoms with Gasteiger partial charge in [-0.1, -0.05) is 30.7 Å². The third-order valence-corrected chi connectivity index (χ3v) is 3.57. The fourth-order valence-electron chi connectivity index (χ4n) is 2.56. The van der Waals surface area contributed by atoms with Gasteiger partial charge in [0, 0.05) is 13.0 Å². The number of aliphatic carboxylic acids is 1. The summed E-state index contributed by atoms with van der Waals surface area (Å²) in [6.45, 7) is 3.32. The molecule has 18 heavy (non-hydrogen) atoms. The molecule has 0 aliphatic carbocycles. The minimum Gasteiger partial charge on any atom is -0.481 e. The first-order chi connectivity index (χ1) is 8.75. The van der Waals surface area contributed by atoms with Crippen LogP contribution in [0.25, 0.3) is 0 Å². The molecule has 98 valence electrons. The number of likely N-dealkylation sites (tertiary alicyclic amines) is 1. The lowest BCUT2D eigenvalue weighted by atomic mass is 10.0. The van der Waals surface area contributed by atoms with E-state index in [-0.39, 0.29) is 6.42 Å². The van der Waals surface area contributed by atoms with Crippen LogP contribution < -0.4 is 0 Å². The minimum atomic E-state index is -0.720. The number of carboxylic acid groups (broad SMARTS) is 1. The van der Waals surface area contributed by atoms with Crippen molar-refractivity contribution in [2.24, 2.45) is 0 Å². The average molecular weight is 247 g/mol. The van der Waals surface area contributed by atoms with Gasteiger partial charge in [0.1, 0.15) is 0 Å². The van der Waals surface area contributed by atoms with Crippen LogP contribution in [0.1, 0.15) is 36.8 Å². The molecule has 1 N–H and O–H groups in total. The lowest BCUT2D eigenvalue weighted by molar-refractivity contribution is -0.136. The standard InChI is InChI=1S/C15H21NO2/c17-15(18)9-8-13-6-2-3-7-14(13)12-16-10-4-1-5-11-16/h2-3,6-7H,1,4-5,8-12H2,(H,17,18). The summed E-state index contributed by atoms with van der Waals surface area (Å²) in [5.41, 5.74) is 2.48. The van der Waals surface area contributed by atoms with E-state index in [9.17, 15) is 4.79 Å². The lowest BCUT2D eigenvalue weighted by Crippen LogP contribution is -2.29. The Kier molecular flexibility index (Phi) is 4.76. The maximum Gasteiger partial charge on any atom is 0.303 e. The molecule has 2 rings (SSSR count). The summed E-state index contributed by atoms with van der Waals surface area (Å²) in [4.78, 5) is 13.1. The van der Waals surface area contributed by atoms with Gasteiger partial charge in [0.25, 0.3) is 0 Å². The van der Waals surface area contributed by atoms with E-state index < -0.39 is 5.97 Å². The van der Waals surface area contributed by atoms with E-state index in [1.54, 1.807) is 0 Å². The van der Waals surface area contributed by atoms with Crippen LogP contribution in [0.2, 0.25) is 0 Å². The number of piperidine rings is 1. The molecule has 1 aliphatic rings. The highest BCUT2D eigenvalue weighted by molar-refractivity contribution is 5.67. The molecule has 1 aromatic rings. The second kappa shape index (κ2) is 6.55. The normalized spacial score (nSPS) is 16.7. The van der Waals surface area contributed by atoms with Crippen LogP contribution in [-0.2, 0) is 17.8 Å². The summed E-state index contributed by atoms with van der Waals surface area (Å²) in [7, 11) is 0. The van der Waals surface area contributed by atoms with Gasteiger partial charge in [-0.3, -0.25) is 9.69 Å². The molecule has 0 radical (unpaired) electrons. The van der Waals surface area contributed by atoms with E-state index in [4.69, 9.17) is 5.11 Å². The van der Waals surface area contributed by atoms with Gasteiger partial charge in [-0.2, -0.15) is 0 Å². The average Bonchev–Trinajstić information content (AvgIpc) is 2.39. The smallest absolute Gasteiger partial charge is 0.303 e. The quantitative estimate of drug-likeness (QED) is 0.869. The van der Waals surface area contributed by atoms with Crippen molar-refractivity contribution >= 4 is 5.97 Å². The summed E-state index contributed by atoms with van der Waals surface area (Å²) >= 11 is 0. The van der Waals surface area contributed by atoms with Gasteiger partial charge in [-0.25, -0.2) is 0 Å². The molecule has 0 bridgehead atoms. The predicted molar refractivity (Wildman–Crippen MR) is 71.5 cm³/mol. The van der Waals surface area contributed by atoms with Crippen molar-refractivity contribution in [3.8, 4) is 0 Å². The van der Waals surface area contributed by atoms with Crippen LogP contribution in [0.5, 0.6) is 0 Å². The summed E-state index contributed by atoms with van der Waals surface area (Å²) in [6, 6.07) is 8.23. The first kappa shape index (κ1) is 13.1. The van der Waals surface area contributed by atoms with Crippen molar-refractivity contribution in [2.45, 2.75) is 38.6 Å². The molecular weight excluding hydrogens is 226 g/mol. The number of rotatable bonds is 5. The molecule has 1 fully saturated rings. The van der Waals surface area contributed by atoms with E-state index in [1.165, 1.54) is 43.5 Å². The highest BCUT2D eigenvalue weighted by Crippen LogP contribution is 2.17. The molecule has 0 spiro atoms. The fraction of sp³-hybridized carbons (Fsp3) is 0.533. The van der Waals surface area contributed by atoms with Gasteiger partial charge in [0.2, 0.25) is 0 Å². The second-order valence-electron chi connectivity index (χ2n) is 5.00. The Labute approximate surface area is 108 Å². The maximum atomic E-state index is 10.7. The first-order valence-corrected chi connectivity index (χ1v) is 6.76. The third-order valence-electron chi connectivity index (χ3n) is 3.57. The minimum absolute atomic E-state index is 0.219. The number of nitrogens with zero attached hydrogens (tertiary/aromatic N) is 1. The largest absolute Gasteiger partial charge is 0.481 e. The van der Waals surface area contributed by atoms with Gasteiger partial charge < -0.3 is 5.11 Å². The van der Waals surface area contributed by atoms with E-state index in [0.717, 1.165) is 6.54 Å². The summed E-state index contributed by atoms with van der Waals surface area (Å²) in [6.07, 6.45) is 4.78. The van der Waals surface area contributed by atoms with E-state index in [1.807, 2.05) is 12.1 Å². The first-order valence-electron chi connectivity index (χ1n) is 6.76. The second-order valence-corrected chi connectivity index (χ2v) is 5.00. The van der Waals surface area contributed by atoms with Crippen molar-refractivity contribution in [1.29, 1.82) is 0 Å². The zero-order valence-corrected chi connectivity index (χ0v) is 10.8. The van der Waals surface area contributed by atoms with Crippen LogP contribution in [0.4, 0.5) is 0 Å². The Balaban J connectivity index is 1.99. The predicted octanol–water partition coefficient (Wildman–Crippen LogP) is 2.69. The van der Waals surface area contributed by atoms with E-state index >= 15 is 0 Å². The molecule has 0 aromatic heterocycles. The molecule has 1 aromatic carbocycles. The van der Waals surface area contributed by atoms with Crippen molar-refractivity contribution < 1.29 is 9.90 Å². The Bertz CT molecular complexity index is 397. The Morgan fingerprint density at radius 3 is 2.44 bits per heavy atom. The number of hydrogen-bond donors (Lipinski definition) is 1. The number of carboxylic acids is 1. The van der Waals surface area contributed by atoms with Crippen molar-refractivity contribution in [3.05, 3.63) is 35.4 Å². The zero-order valence-electron chi connectivity index (χ0n) is 10.8. The number of carbonyl (C=O) groups is 1. The lowest BCUT2D eigenvalue weighted by Gasteiger charge is -2.27. The number of hydrogen-bond acceptors (Lipinski definition) is 2. The van der Waals surface area contributed by atoms with Crippen LogP contribution >= 0.6 is 0 Å². The molecular formula is C15H21NO2. The topological polar surface area (TPSA) is 40.5 Å². The summed E-state index contributed by atoms with van der Waals surface area (Å²) in [5.74, 6) is -0.720. The van der Waals surface area contributed by atoms with Crippen LogP contribution in [0, 0.1) is 0 Å².